The Bertz CT molecular complexity index is 173. The van der Waals surface area contributed by atoms with Gasteiger partial charge in [-0.1, -0.05) is 13.8 Å². The number of primary amides is 1. The standard InChI is InChI=1S/C9H21N3O2/c1-6(2)8(3-4-13)12-5-7(10)9(11)14/h6-8,12-13H,3-5,10H2,1-2H3,(H2,11,14). The minimum atomic E-state index is -0.657. The third-order valence-electron chi connectivity index (χ3n) is 2.21. The molecule has 84 valence electrons. The van der Waals surface area contributed by atoms with Crippen molar-refractivity contribution >= 4 is 5.91 Å². The molecule has 5 heteroatoms. The summed E-state index contributed by atoms with van der Waals surface area (Å²) in [5.41, 5.74) is 10.5. The largest absolute Gasteiger partial charge is 0.396 e. The van der Waals surface area contributed by atoms with Crippen molar-refractivity contribution in [1.82, 2.24) is 5.32 Å². The van der Waals surface area contributed by atoms with E-state index >= 15 is 0 Å². The molecule has 2 unspecified atom stereocenters. The van der Waals surface area contributed by atoms with E-state index in [9.17, 15) is 4.79 Å². The molecule has 0 heterocycles. The van der Waals surface area contributed by atoms with E-state index in [4.69, 9.17) is 16.6 Å². The van der Waals surface area contributed by atoms with E-state index in [2.05, 4.69) is 5.32 Å². The van der Waals surface area contributed by atoms with Gasteiger partial charge in [0.2, 0.25) is 5.91 Å². The Balaban J connectivity index is 3.87. The van der Waals surface area contributed by atoms with E-state index in [1.54, 1.807) is 0 Å². The van der Waals surface area contributed by atoms with Crippen LogP contribution in [-0.4, -0.2) is 36.2 Å². The van der Waals surface area contributed by atoms with Crippen molar-refractivity contribution in [1.29, 1.82) is 0 Å². The fraction of sp³-hybridized carbons (Fsp3) is 0.889. The Morgan fingerprint density at radius 1 is 1.50 bits per heavy atom. The Labute approximate surface area is 84.8 Å². The lowest BCUT2D eigenvalue weighted by molar-refractivity contribution is -0.119. The second-order valence-electron chi connectivity index (χ2n) is 3.78. The van der Waals surface area contributed by atoms with Gasteiger partial charge in [-0.3, -0.25) is 4.79 Å². The molecule has 0 spiro atoms. The number of aliphatic hydroxyl groups is 1. The highest BCUT2D eigenvalue weighted by atomic mass is 16.3. The van der Waals surface area contributed by atoms with Crippen LogP contribution in [-0.2, 0) is 4.79 Å². The van der Waals surface area contributed by atoms with Crippen molar-refractivity contribution in [3.63, 3.8) is 0 Å². The quantitative estimate of drug-likeness (QED) is 0.417. The zero-order valence-electron chi connectivity index (χ0n) is 8.86. The number of hydrogen-bond donors (Lipinski definition) is 4. The number of carbonyl (C=O) groups is 1. The Kier molecular flexibility index (Phi) is 6.44. The average Bonchev–Trinajstić information content (AvgIpc) is 2.10. The number of amides is 1. The summed E-state index contributed by atoms with van der Waals surface area (Å²) >= 11 is 0. The molecule has 5 nitrogen and oxygen atoms in total. The van der Waals surface area contributed by atoms with Crippen LogP contribution in [0.1, 0.15) is 20.3 Å². The maximum atomic E-state index is 10.6. The molecule has 0 saturated carbocycles. The zero-order valence-corrected chi connectivity index (χ0v) is 8.86. The van der Waals surface area contributed by atoms with Crippen molar-refractivity contribution < 1.29 is 9.90 Å². The third kappa shape index (κ3) is 5.16. The summed E-state index contributed by atoms with van der Waals surface area (Å²) in [5.74, 6) is -0.119. The van der Waals surface area contributed by atoms with Crippen LogP contribution in [0, 0.1) is 5.92 Å². The molecule has 0 fully saturated rings. The van der Waals surface area contributed by atoms with Crippen LogP contribution >= 0.6 is 0 Å². The molecular formula is C9H21N3O2. The van der Waals surface area contributed by atoms with Crippen LogP contribution in [0.2, 0.25) is 0 Å². The normalized spacial score (nSPS) is 15.5. The highest BCUT2D eigenvalue weighted by Crippen LogP contribution is 2.04. The van der Waals surface area contributed by atoms with Crippen LogP contribution in [0.25, 0.3) is 0 Å². The van der Waals surface area contributed by atoms with Gasteiger partial charge < -0.3 is 21.9 Å². The summed E-state index contributed by atoms with van der Waals surface area (Å²) < 4.78 is 0. The molecule has 0 aliphatic rings. The summed E-state index contributed by atoms with van der Waals surface area (Å²) in [6.45, 7) is 4.58. The molecule has 0 saturated heterocycles. The summed E-state index contributed by atoms with van der Waals surface area (Å²) in [6, 6.07) is -0.486. The molecule has 2 atom stereocenters. The molecule has 0 radical (unpaired) electrons. The van der Waals surface area contributed by atoms with E-state index in [0.717, 1.165) is 0 Å². The maximum Gasteiger partial charge on any atom is 0.235 e. The van der Waals surface area contributed by atoms with Crippen molar-refractivity contribution in [3.8, 4) is 0 Å². The van der Waals surface area contributed by atoms with Gasteiger partial charge in [0, 0.05) is 19.2 Å². The van der Waals surface area contributed by atoms with Gasteiger partial charge in [-0.2, -0.15) is 0 Å². The van der Waals surface area contributed by atoms with Crippen molar-refractivity contribution in [2.75, 3.05) is 13.2 Å². The molecule has 1 amide bonds. The summed E-state index contributed by atoms with van der Waals surface area (Å²) in [4.78, 5) is 10.6. The zero-order chi connectivity index (χ0) is 11.1. The van der Waals surface area contributed by atoms with Gasteiger partial charge in [0.15, 0.2) is 0 Å². The van der Waals surface area contributed by atoms with Gasteiger partial charge in [0.25, 0.3) is 0 Å². The molecule has 0 aromatic rings. The molecule has 0 aromatic carbocycles. The molecule has 14 heavy (non-hydrogen) atoms. The van der Waals surface area contributed by atoms with Crippen molar-refractivity contribution in [2.45, 2.75) is 32.4 Å². The lowest BCUT2D eigenvalue weighted by Gasteiger charge is -2.22. The number of nitrogens with one attached hydrogen (secondary N) is 1. The van der Waals surface area contributed by atoms with E-state index < -0.39 is 11.9 Å². The third-order valence-corrected chi connectivity index (χ3v) is 2.21. The highest BCUT2D eigenvalue weighted by Gasteiger charge is 2.15. The molecule has 0 rings (SSSR count). The van der Waals surface area contributed by atoms with Gasteiger partial charge in [0.05, 0.1) is 6.04 Å². The fourth-order valence-electron chi connectivity index (χ4n) is 1.19. The first kappa shape index (κ1) is 13.4. The fourth-order valence-corrected chi connectivity index (χ4v) is 1.19. The summed E-state index contributed by atoms with van der Waals surface area (Å²) in [6.07, 6.45) is 0.656. The van der Waals surface area contributed by atoms with Gasteiger partial charge >= 0.3 is 0 Å². The number of hydrogen-bond acceptors (Lipinski definition) is 4. The number of nitrogens with two attached hydrogens (primary N) is 2. The predicted octanol–water partition coefficient (Wildman–Crippen LogP) is -1.20. The van der Waals surface area contributed by atoms with Crippen LogP contribution < -0.4 is 16.8 Å². The molecule has 0 aromatic heterocycles. The molecular weight excluding hydrogens is 182 g/mol. The molecule has 0 bridgehead atoms. The second kappa shape index (κ2) is 6.75. The van der Waals surface area contributed by atoms with E-state index in [1.807, 2.05) is 13.8 Å². The Hall–Kier alpha value is -0.650. The molecule has 0 aliphatic carbocycles. The van der Waals surface area contributed by atoms with Gasteiger partial charge in [-0.25, -0.2) is 0 Å². The average molecular weight is 203 g/mol. The van der Waals surface area contributed by atoms with Crippen molar-refractivity contribution in [2.24, 2.45) is 17.4 Å². The van der Waals surface area contributed by atoms with Crippen LogP contribution in [0.15, 0.2) is 0 Å². The Morgan fingerprint density at radius 2 is 2.07 bits per heavy atom. The first-order valence-electron chi connectivity index (χ1n) is 4.88. The van der Waals surface area contributed by atoms with Gasteiger partial charge in [-0.05, 0) is 12.3 Å². The molecule has 6 N–H and O–H groups in total. The van der Waals surface area contributed by atoms with Crippen LogP contribution in [0.5, 0.6) is 0 Å². The topological polar surface area (TPSA) is 101 Å². The first-order valence-corrected chi connectivity index (χ1v) is 4.88. The second-order valence-corrected chi connectivity index (χ2v) is 3.78. The Morgan fingerprint density at radius 3 is 2.43 bits per heavy atom. The first-order chi connectivity index (χ1) is 6.49. The van der Waals surface area contributed by atoms with E-state index in [-0.39, 0.29) is 12.6 Å². The van der Waals surface area contributed by atoms with E-state index in [1.165, 1.54) is 0 Å². The minimum absolute atomic E-state index is 0.127. The lowest BCUT2D eigenvalue weighted by atomic mass is 10.0. The van der Waals surface area contributed by atoms with Crippen molar-refractivity contribution in [3.05, 3.63) is 0 Å². The van der Waals surface area contributed by atoms with Crippen LogP contribution in [0.4, 0.5) is 0 Å². The summed E-state index contributed by atoms with van der Waals surface area (Å²) in [5, 5.41) is 11.9. The lowest BCUT2D eigenvalue weighted by Crippen LogP contribution is -2.48. The number of aliphatic hydroxyl groups excluding tert-OH is 1. The van der Waals surface area contributed by atoms with E-state index in [0.29, 0.717) is 18.9 Å². The van der Waals surface area contributed by atoms with Gasteiger partial charge in [0.1, 0.15) is 0 Å². The van der Waals surface area contributed by atoms with Gasteiger partial charge in [-0.15, -0.1) is 0 Å². The van der Waals surface area contributed by atoms with Crippen LogP contribution in [0.3, 0.4) is 0 Å². The molecule has 0 aliphatic heterocycles. The monoisotopic (exact) mass is 203 g/mol. The minimum Gasteiger partial charge on any atom is -0.396 e. The number of rotatable bonds is 7. The highest BCUT2D eigenvalue weighted by molar-refractivity contribution is 5.79. The number of carbonyl (C=O) groups excluding carboxylic acids is 1. The predicted molar refractivity (Wildman–Crippen MR) is 55.5 cm³/mol. The summed E-state index contributed by atoms with van der Waals surface area (Å²) in [7, 11) is 0. The maximum absolute atomic E-state index is 10.6. The SMILES string of the molecule is CC(C)C(CCO)NCC(N)C(N)=O. The smallest absolute Gasteiger partial charge is 0.235 e.